The van der Waals surface area contributed by atoms with E-state index in [-0.39, 0.29) is 33.8 Å². The Morgan fingerprint density at radius 3 is 1.38 bits per heavy atom. The number of fused-ring (bicyclic) bond motifs is 3. The van der Waals surface area contributed by atoms with Gasteiger partial charge >= 0.3 is 0 Å². The van der Waals surface area contributed by atoms with Gasteiger partial charge in [-0.15, -0.1) is 0 Å². The molecule has 5 heteroatoms. The number of nitrogens with zero attached hydrogens (tertiary/aromatic N) is 2. The molecular formula is C37H34N2O3. The molecule has 210 valence electrons. The van der Waals surface area contributed by atoms with Crippen molar-refractivity contribution in [2.45, 2.75) is 38.5 Å². The molecule has 3 aromatic rings. The zero-order chi connectivity index (χ0) is 29.7. The number of rotatable bonds is 2. The number of para-hydroxylation sites is 2. The van der Waals surface area contributed by atoms with E-state index in [2.05, 4.69) is 61.8 Å². The molecule has 0 saturated heterocycles. The Morgan fingerprint density at radius 2 is 0.976 bits per heavy atom. The molecule has 2 aliphatic heterocycles. The maximum absolute atomic E-state index is 14.2. The first-order valence-corrected chi connectivity index (χ1v) is 14.5. The summed E-state index contributed by atoms with van der Waals surface area (Å²) in [6.45, 7) is 8.63. The van der Waals surface area contributed by atoms with Gasteiger partial charge < -0.3 is 9.80 Å². The van der Waals surface area contributed by atoms with Crippen LogP contribution < -0.4 is 9.80 Å². The van der Waals surface area contributed by atoms with Crippen LogP contribution in [-0.2, 0) is 15.6 Å². The van der Waals surface area contributed by atoms with Crippen molar-refractivity contribution >= 4 is 28.7 Å². The fraction of sp³-hybridized carbons (Fsp3) is 0.270. The van der Waals surface area contributed by atoms with Crippen molar-refractivity contribution in [1.82, 2.24) is 0 Å². The highest BCUT2D eigenvalue weighted by Gasteiger charge is 2.52. The predicted octanol–water partition coefficient (Wildman–Crippen LogP) is 6.80. The number of hydrogen-bond donors (Lipinski definition) is 0. The first kappa shape index (κ1) is 26.4. The van der Waals surface area contributed by atoms with E-state index < -0.39 is 11.8 Å². The van der Waals surface area contributed by atoms with Crippen LogP contribution in [0.5, 0.6) is 0 Å². The third-order valence-corrected chi connectivity index (χ3v) is 9.97. The Labute approximate surface area is 246 Å². The molecule has 4 aliphatic rings. The minimum atomic E-state index is -0.660. The molecular weight excluding hydrogens is 520 g/mol. The van der Waals surface area contributed by atoms with Crippen LogP contribution in [0.15, 0.2) is 107 Å². The second kappa shape index (κ2) is 8.75. The fourth-order valence-corrected chi connectivity index (χ4v) is 7.69. The molecule has 0 amide bonds. The number of hydrogen-bond acceptors (Lipinski definition) is 5. The average molecular weight is 555 g/mol. The highest BCUT2D eigenvalue weighted by molar-refractivity contribution is 6.40. The largest absolute Gasteiger partial charge is 0.347 e. The van der Waals surface area contributed by atoms with Crippen molar-refractivity contribution in [2.75, 3.05) is 23.9 Å². The summed E-state index contributed by atoms with van der Waals surface area (Å²) in [5.41, 5.74) is 7.48. The van der Waals surface area contributed by atoms with Gasteiger partial charge in [0.25, 0.3) is 0 Å². The van der Waals surface area contributed by atoms with E-state index in [4.69, 9.17) is 0 Å². The molecule has 1 saturated carbocycles. The first-order valence-electron chi connectivity index (χ1n) is 14.5. The van der Waals surface area contributed by atoms with Crippen LogP contribution in [0.25, 0.3) is 0 Å². The van der Waals surface area contributed by atoms with Gasteiger partial charge in [-0.05, 0) is 41.0 Å². The molecule has 7 rings (SSSR count). The van der Waals surface area contributed by atoms with Gasteiger partial charge in [0.05, 0.1) is 17.4 Å². The van der Waals surface area contributed by atoms with E-state index in [9.17, 15) is 14.4 Å². The summed E-state index contributed by atoms with van der Waals surface area (Å²) in [6.07, 6.45) is 4.00. The summed E-state index contributed by atoms with van der Waals surface area (Å²) < 4.78 is 0. The smallest absolute Gasteiger partial charge is 0.197 e. The van der Waals surface area contributed by atoms with Gasteiger partial charge in [0.1, 0.15) is 0 Å². The summed E-state index contributed by atoms with van der Waals surface area (Å²) in [5.74, 6) is -1.88. The Kier molecular flexibility index (Phi) is 5.50. The molecule has 5 nitrogen and oxygen atoms in total. The molecule has 0 aromatic heterocycles. The zero-order valence-corrected chi connectivity index (χ0v) is 24.9. The van der Waals surface area contributed by atoms with Crippen LogP contribution in [0.3, 0.4) is 0 Å². The normalized spacial score (nSPS) is 25.3. The van der Waals surface area contributed by atoms with E-state index in [0.29, 0.717) is 16.7 Å². The van der Waals surface area contributed by atoms with Crippen molar-refractivity contribution in [2.24, 2.45) is 11.8 Å². The van der Waals surface area contributed by atoms with E-state index in [1.807, 2.05) is 50.5 Å². The highest BCUT2D eigenvalue weighted by atomic mass is 16.2. The first-order chi connectivity index (χ1) is 20.0. The van der Waals surface area contributed by atoms with Crippen molar-refractivity contribution in [1.29, 1.82) is 0 Å². The van der Waals surface area contributed by atoms with Crippen LogP contribution in [0, 0.1) is 11.8 Å². The third kappa shape index (κ3) is 3.34. The molecule has 0 bridgehead atoms. The van der Waals surface area contributed by atoms with Gasteiger partial charge in [-0.1, -0.05) is 88.4 Å². The van der Waals surface area contributed by atoms with E-state index in [1.54, 1.807) is 24.3 Å². The standard InChI is InChI=1S/C37H34N2O3/c1-36(2)25-15-9-11-17-27(25)38(5)29(36)19-23-31(32-34(41)21-13-7-8-14-22(21)35(32)42)24(33(23)40)20-30-37(3,4)26-16-10-12-18-28(26)39(30)6/h7-20,23-24H,1-6H3/b29-19-,30-20-. The molecule has 3 aromatic carbocycles. The SMILES string of the molecule is CN1/C(=C\C2C(=O)C(/C=C3\N(C)c4ccccc4C3(C)C)C2=C2C(=O)c3ccccc3C2=O)C(C)(C)c2ccccc21. The van der Waals surface area contributed by atoms with Crippen LogP contribution >= 0.6 is 0 Å². The Hall–Kier alpha value is -4.51. The van der Waals surface area contributed by atoms with Gasteiger partial charge in [0, 0.05) is 58.8 Å². The average Bonchev–Trinajstić information content (AvgIpc) is 3.43. The van der Waals surface area contributed by atoms with Gasteiger partial charge in [0.2, 0.25) is 0 Å². The highest BCUT2D eigenvalue weighted by Crippen LogP contribution is 2.53. The molecule has 0 spiro atoms. The minimum Gasteiger partial charge on any atom is -0.347 e. The van der Waals surface area contributed by atoms with Gasteiger partial charge in [-0.2, -0.15) is 0 Å². The maximum atomic E-state index is 14.2. The number of carbonyl (C=O) groups excluding carboxylic acids is 3. The third-order valence-electron chi connectivity index (χ3n) is 9.97. The van der Waals surface area contributed by atoms with E-state index in [0.717, 1.165) is 22.8 Å². The molecule has 42 heavy (non-hydrogen) atoms. The second-order valence-corrected chi connectivity index (χ2v) is 12.9. The molecule has 2 atom stereocenters. The lowest BCUT2D eigenvalue weighted by atomic mass is 9.63. The second-order valence-electron chi connectivity index (χ2n) is 12.9. The summed E-state index contributed by atoms with van der Waals surface area (Å²) in [4.78, 5) is 46.1. The van der Waals surface area contributed by atoms with E-state index >= 15 is 0 Å². The van der Waals surface area contributed by atoms with Crippen molar-refractivity contribution < 1.29 is 14.4 Å². The minimum absolute atomic E-state index is 0.00867. The van der Waals surface area contributed by atoms with Crippen molar-refractivity contribution in [3.8, 4) is 0 Å². The monoisotopic (exact) mass is 554 g/mol. The lowest BCUT2D eigenvalue weighted by Gasteiger charge is -2.38. The fourth-order valence-electron chi connectivity index (χ4n) is 7.69. The summed E-state index contributed by atoms with van der Waals surface area (Å²) in [6, 6.07) is 23.5. The molecule has 0 radical (unpaired) electrons. The van der Waals surface area contributed by atoms with Gasteiger partial charge in [-0.3, -0.25) is 14.4 Å². The number of likely N-dealkylation sites (N-methyl/N-ethyl adjacent to an activating group) is 2. The number of carbonyl (C=O) groups is 3. The zero-order valence-electron chi connectivity index (χ0n) is 24.9. The van der Waals surface area contributed by atoms with Gasteiger partial charge in [-0.25, -0.2) is 0 Å². The van der Waals surface area contributed by atoms with Crippen molar-refractivity contribution in [3.05, 3.63) is 130 Å². The van der Waals surface area contributed by atoms with Crippen LogP contribution in [-0.4, -0.2) is 31.4 Å². The molecule has 2 unspecified atom stereocenters. The lowest BCUT2D eigenvalue weighted by Crippen LogP contribution is -2.43. The number of allylic oxidation sites excluding steroid dienone is 6. The number of benzene rings is 3. The summed E-state index contributed by atoms with van der Waals surface area (Å²) in [7, 11) is 4.04. The van der Waals surface area contributed by atoms with Gasteiger partial charge in [0.15, 0.2) is 17.3 Å². The molecule has 0 N–H and O–H groups in total. The Balaban J connectivity index is 1.39. The van der Waals surface area contributed by atoms with Crippen LogP contribution in [0.1, 0.15) is 59.5 Å². The Bertz CT molecular complexity index is 1710. The van der Waals surface area contributed by atoms with Crippen LogP contribution in [0.4, 0.5) is 11.4 Å². The van der Waals surface area contributed by atoms with Crippen molar-refractivity contribution in [3.63, 3.8) is 0 Å². The number of Topliss-reactive ketones (excluding diaryl/α,β-unsaturated/α-hetero) is 3. The lowest BCUT2D eigenvalue weighted by molar-refractivity contribution is -0.126. The summed E-state index contributed by atoms with van der Waals surface area (Å²) in [5, 5.41) is 0. The molecule has 1 fully saturated rings. The van der Waals surface area contributed by atoms with E-state index in [1.165, 1.54) is 11.1 Å². The predicted molar refractivity (Wildman–Crippen MR) is 166 cm³/mol. The number of anilines is 2. The topological polar surface area (TPSA) is 57.7 Å². The molecule has 2 aliphatic carbocycles. The number of ketones is 3. The maximum Gasteiger partial charge on any atom is 0.197 e. The Morgan fingerprint density at radius 1 is 0.595 bits per heavy atom. The quantitative estimate of drug-likeness (QED) is 0.258. The van der Waals surface area contributed by atoms with Crippen LogP contribution in [0.2, 0.25) is 0 Å². The summed E-state index contributed by atoms with van der Waals surface area (Å²) >= 11 is 0. The molecule has 2 heterocycles.